The third-order valence-electron chi connectivity index (χ3n) is 0.628. The Labute approximate surface area is 53.3 Å². The van der Waals surface area contributed by atoms with Gasteiger partial charge in [0.25, 0.3) is 0 Å². The molecular formula is C4H11N3O2. The zero-order valence-electron chi connectivity index (χ0n) is 5.09. The van der Waals surface area contributed by atoms with Crippen LogP contribution in [0.3, 0.4) is 0 Å². The molecule has 0 unspecified atom stereocenters. The molecule has 5 N–H and O–H groups in total. The molecule has 54 valence electrons. The number of hydrogen-bond donors (Lipinski definition) is 3. The normalized spacial score (nSPS) is 8.67. The van der Waals surface area contributed by atoms with Gasteiger partial charge in [-0.3, -0.25) is 5.73 Å². The number of hydrogen-bond acceptors (Lipinski definition) is 4. The Morgan fingerprint density at radius 1 is 1.56 bits per heavy atom. The monoisotopic (exact) mass is 133 g/mol. The molecule has 0 rings (SSSR count). The Kier molecular flexibility index (Phi) is 4.85. The number of nitrogens with two attached hydrogens (primary N) is 2. The number of amides is 1. The average molecular weight is 133 g/mol. The van der Waals surface area contributed by atoms with Crippen molar-refractivity contribution in [3.63, 3.8) is 0 Å². The van der Waals surface area contributed by atoms with Gasteiger partial charge in [0, 0.05) is 13.1 Å². The fourth-order valence-corrected chi connectivity index (χ4v) is 0.301. The molecule has 0 atom stereocenters. The molecule has 0 aliphatic heterocycles. The summed E-state index contributed by atoms with van der Waals surface area (Å²) in [5.41, 5.74) is 9.96. The SMILES string of the molecule is NCCNC(=O)OCN. The van der Waals surface area contributed by atoms with Gasteiger partial charge in [-0.05, 0) is 0 Å². The van der Waals surface area contributed by atoms with E-state index in [9.17, 15) is 4.79 Å². The van der Waals surface area contributed by atoms with Crippen LogP contribution in [0.5, 0.6) is 0 Å². The van der Waals surface area contributed by atoms with E-state index in [4.69, 9.17) is 11.5 Å². The molecule has 0 aromatic heterocycles. The zero-order valence-corrected chi connectivity index (χ0v) is 5.09. The predicted molar refractivity (Wildman–Crippen MR) is 32.6 cm³/mol. The maximum absolute atomic E-state index is 10.3. The minimum absolute atomic E-state index is 0.101. The molecule has 0 spiro atoms. The van der Waals surface area contributed by atoms with Gasteiger partial charge in [-0.1, -0.05) is 0 Å². The minimum atomic E-state index is -0.525. The number of carbonyl (C=O) groups excluding carboxylic acids is 1. The molecule has 1 amide bonds. The fraction of sp³-hybridized carbons (Fsp3) is 0.750. The number of carbonyl (C=O) groups is 1. The maximum atomic E-state index is 10.3. The number of alkyl carbamates (subject to hydrolysis) is 1. The van der Waals surface area contributed by atoms with E-state index in [1.54, 1.807) is 0 Å². The van der Waals surface area contributed by atoms with Crippen molar-refractivity contribution in [3.05, 3.63) is 0 Å². The molecule has 5 nitrogen and oxygen atoms in total. The molecule has 0 radical (unpaired) electrons. The summed E-state index contributed by atoms with van der Waals surface area (Å²) in [6.45, 7) is 0.717. The topological polar surface area (TPSA) is 90.4 Å². The van der Waals surface area contributed by atoms with Gasteiger partial charge in [0.05, 0.1) is 0 Å². The van der Waals surface area contributed by atoms with E-state index < -0.39 is 6.09 Å². The minimum Gasteiger partial charge on any atom is -0.434 e. The van der Waals surface area contributed by atoms with Crippen molar-refractivity contribution in [2.75, 3.05) is 19.8 Å². The van der Waals surface area contributed by atoms with Gasteiger partial charge >= 0.3 is 6.09 Å². The van der Waals surface area contributed by atoms with E-state index in [2.05, 4.69) is 10.1 Å². The van der Waals surface area contributed by atoms with E-state index >= 15 is 0 Å². The number of nitrogens with one attached hydrogen (secondary N) is 1. The zero-order chi connectivity index (χ0) is 7.11. The third kappa shape index (κ3) is 5.05. The molecular weight excluding hydrogens is 122 g/mol. The van der Waals surface area contributed by atoms with Crippen LogP contribution in [0, 0.1) is 0 Å². The van der Waals surface area contributed by atoms with Crippen molar-refractivity contribution < 1.29 is 9.53 Å². The highest BCUT2D eigenvalue weighted by Gasteiger charge is 1.94. The smallest absolute Gasteiger partial charge is 0.408 e. The van der Waals surface area contributed by atoms with Gasteiger partial charge in [0.2, 0.25) is 0 Å². The highest BCUT2D eigenvalue weighted by Crippen LogP contribution is 1.69. The van der Waals surface area contributed by atoms with Crippen molar-refractivity contribution in [1.82, 2.24) is 5.32 Å². The first-order valence-corrected chi connectivity index (χ1v) is 2.62. The van der Waals surface area contributed by atoms with Crippen LogP contribution < -0.4 is 16.8 Å². The lowest BCUT2D eigenvalue weighted by Crippen LogP contribution is -2.30. The standard InChI is InChI=1S/C4H11N3O2/c5-1-2-7-4(8)9-3-6/h1-3,5-6H2,(H,7,8). The molecule has 0 aliphatic rings. The van der Waals surface area contributed by atoms with Crippen molar-refractivity contribution in [2.45, 2.75) is 0 Å². The van der Waals surface area contributed by atoms with Crippen LogP contribution in [0.15, 0.2) is 0 Å². The lowest BCUT2D eigenvalue weighted by Gasteiger charge is -2.01. The Hall–Kier alpha value is -0.810. The van der Waals surface area contributed by atoms with Crippen LogP contribution >= 0.6 is 0 Å². The van der Waals surface area contributed by atoms with Crippen LogP contribution in [-0.4, -0.2) is 25.9 Å². The average Bonchev–Trinajstić information content (AvgIpc) is 1.85. The van der Waals surface area contributed by atoms with E-state index in [0.717, 1.165) is 0 Å². The molecule has 0 fully saturated rings. The number of rotatable bonds is 3. The first kappa shape index (κ1) is 8.19. The van der Waals surface area contributed by atoms with Crippen LogP contribution in [-0.2, 0) is 4.74 Å². The molecule has 0 saturated heterocycles. The molecule has 5 heteroatoms. The van der Waals surface area contributed by atoms with Crippen molar-refractivity contribution >= 4 is 6.09 Å². The summed E-state index contributed by atoms with van der Waals surface area (Å²) in [5.74, 6) is 0. The summed E-state index contributed by atoms with van der Waals surface area (Å²) in [6.07, 6.45) is -0.525. The van der Waals surface area contributed by atoms with E-state index in [1.165, 1.54) is 0 Å². The quantitative estimate of drug-likeness (QED) is 0.412. The van der Waals surface area contributed by atoms with Crippen molar-refractivity contribution in [3.8, 4) is 0 Å². The lowest BCUT2D eigenvalue weighted by atomic mass is 10.7. The van der Waals surface area contributed by atoms with Gasteiger partial charge in [0.15, 0.2) is 0 Å². The number of ether oxygens (including phenoxy) is 1. The molecule has 9 heavy (non-hydrogen) atoms. The van der Waals surface area contributed by atoms with Gasteiger partial charge in [-0.15, -0.1) is 0 Å². The summed E-state index contributed by atoms with van der Waals surface area (Å²) >= 11 is 0. The molecule has 0 aliphatic carbocycles. The largest absolute Gasteiger partial charge is 0.434 e. The second-order valence-corrected chi connectivity index (χ2v) is 1.31. The summed E-state index contributed by atoms with van der Waals surface area (Å²) in [6, 6.07) is 0. The second kappa shape index (κ2) is 5.33. The summed E-state index contributed by atoms with van der Waals surface area (Å²) < 4.78 is 4.32. The maximum Gasteiger partial charge on any atom is 0.408 e. The predicted octanol–water partition coefficient (Wildman–Crippen LogP) is -1.41. The van der Waals surface area contributed by atoms with Crippen molar-refractivity contribution in [2.24, 2.45) is 11.5 Å². The third-order valence-corrected chi connectivity index (χ3v) is 0.628. The van der Waals surface area contributed by atoms with Crippen LogP contribution in [0.25, 0.3) is 0 Å². The molecule has 0 heterocycles. The van der Waals surface area contributed by atoms with Gasteiger partial charge in [-0.2, -0.15) is 0 Å². The van der Waals surface area contributed by atoms with E-state index in [-0.39, 0.29) is 6.73 Å². The Morgan fingerprint density at radius 2 is 2.22 bits per heavy atom. The molecule has 0 bridgehead atoms. The summed E-state index contributed by atoms with van der Waals surface area (Å²) in [7, 11) is 0. The molecule has 0 aromatic carbocycles. The Bertz CT molecular complexity index is 85.9. The summed E-state index contributed by atoms with van der Waals surface area (Å²) in [5, 5.41) is 2.37. The van der Waals surface area contributed by atoms with Gasteiger partial charge in [0.1, 0.15) is 6.73 Å². The molecule has 0 aromatic rings. The highest BCUT2D eigenvalue weighted by molar-refractivity contribution is 5.66. The van der Waals surface area contributed by atoms with Gasteiger partial charge in [-0.25, -0.2) is 4.79 Å². The second-order valence-electron chi connectivity index (χ2n) is 1.31. The Balaban J connectivity index is 3.06. The van der Waals surface area contributed by atoms with E-state index in [0.29, 0.717) is 13.1 Å². The lowest BCUT2D eigenvalue weighted by molar-refractivity contribution is 0.149. The highest BCUT2D eigenvalue weighted by atomic mass is 16.6. The molecule has 0 saturated carbocycles. The first-order chi connectivity index (χ1) is 4.31. The fourth-order valence-electron chi connectivity index (χ4n) is 0.301. The summed E-state index contributed by atoms with van der Waals surface area (Å²) in [4.78, 5) is 10.3. The van der Waals surface area contributed by atoms with E-state index in [1.807, 2.05) is 0 Å². The van der Waals surface area contributed by atoms with Gasteiger partial charge < -0.3 is 15.8 Å². The Morgan fingerprint density at radius 3 is 2.67 bits per heavy atom. The first-order valence-electron chi connectivity index (χ1n) is 2.62. The van der Waals surface area contributed by atoms with Crippen LogP contribution in [0.4, 0.5) is 4.79 Å². The van der Waals surface area contributed by atoms with Crippen molar-refractivity contribution in [1.29, 1.82) is 0 Å². The van der Waals surface area contributed by atoms with Crippen LogP contribution in [0.1, 0.15) is 0 Å². The van der Waals surface area contributed by atoms with Crippen LogP contribution in [0.2, 0.25) is 0 Å².